The number of thiophene rings is 1. The summed E-state index contributed by atoms with van der Waals surface area (Å²) in [7, 11) is 0. The Kier molecular flexibility index (Phi) is 4.22. The van der Waals surface area contributed by atoms with Crippen LogP contribution in [0.1, 0.15) is 28.9 Å². The molecule has 3 heteroatoms. The standard InChI is InChI=1S/C27H19N2S/c1-3-9-18(10-4-1)25-26(19-11-5-2-6-12-19)29-27(28-25)20-15-16-24-22(17-20)21-13-7-8-14-23(21)30-24/h1-17,25,27H. The number of hydrogen-bond donors (Lipinski definition) is 0. The lowest BCUT2D eigenvalue weighted by molar-refractivity contribution is 0.560. The maximum absolute atomic E-state index is 5.16. The molecule has 0 saturated heterocycles. The second kappa shape index (κ2) is 7.21. The van der Waals surface area contributed by atoms with Crippen molar-refractivity contribution in [2.75, 3.05) is 0 Å². The fraction of sp³-hybridized carbons (Fsp3) is 0.0741. The van der Waals surface area contributed by atoms with Crippen LogP contribution < -0.4 is 5.32 Å². The zero-order valence-corrected chi connectivity index (χ0v) is 17.1. The summed E-state index contributed by atoms with van der Waals surface area (Å²) in [6, 6.07) is 36.2. The minimum absolute atomic E-state index is 0.0477. The average molecular weight is 404 g/mol. The monoisotopic (exact) mass is 403 g/mol. The van der Waals surface area contributed by atoms with Crippen molar-refractivity contribution in [3.8, 4) is 0 Å². The Hall–Kier alpha value is -3.27. The predicted molar refractivity (Wildman–Crippen MR) is 126 cm³/mol. The van der Waals surface area contributed by atoms with Gasteiger partial charge in [-0.15, -0.1) is 11.3 Å². The summed E-state index contributed by atoms with van der Waals surface area (Å²) < 4.78 is 2.63. The summed E-state index contributed by atoms with van der Waals surface area (Å²) >= 11 is 1.84. The van der Waals surface area contributed by atoms with E-state index in [-0.39, 0.29) is 12.2 Å². The highest BCUT2D eigenvalue weighted by Gasteiger charge is 2.32. The molecular formula is C27H19N2S. The fourth-order valence-electron chi connectivity index (χ4n) is 4.23. The van der Waals surface area contributed by atoms with Crippen LogP contribution in [-0.2, 0) is 0 Å². The number of hydrogen-bond acceptors (Lipinski definition) is 2. The Labute approximate surface area is 179 Å². The number of nitrogens with zero attached hydrogens (tertiary/aromatic N) is 2. The van der Waals surface area contributed by atoms with E-state index in [0.29, 0.717) is 0 Å². The SMILES string of the molecule is c1ccc(C2=NC(c3ccc4sc5ccccc5c4c3)[N]C2c2ccccc2)cc1. The molecule has 2 unspecified atom stereocenters. The lowest BCUT2D eigenvalue weighted by Crippen LogP contribution is -2.18. The van der Waals surface area contributed by atoms with E-state index >= 15 is 0 Å². The minimum Gasteiger partial charge on any atom is -0.262 e. The predicted octanol–water partition coefficient (Wildman–Crippen LogP) is 6.90. The van der Waals surface area contributed by atoms with Crippen LogP contribution in [0, 0.1) is 0 Å². The quantitative estimate of drug-likeness (QED) is 0.313. The first-order valence-electron chi connectivity index (χ1n) is 10.2. The largest absolute Gasteiger partial charge is 0.262 e. The molecular weight excluding hydrogens is 384 g/mol. The second-order valence-electron chi connectivity index (χ2n) is 7.57. The van der Waals surface area contributed by atoms with Gasteiger partial charge in [0, 0.05) is 20.2 Å². The summed E-state index contributed by atoms with van der Waals surface area (Å²) in [4.78, 5) is 5.11. The van der Waals surface area contributed by atoms with Gasteiger partial charge in [-0.25, -0.2) is 0 Å². The van der Waals surface area contributed by atoms with Crippen molar-refractivity contribution in [3.63, 3.8) is 0 Å². The molecule has 0 saturated carbocycles. The first-order valence-corrected chi connectivity index (χ1v) is 11.0. The summed E-state index contributed by atoms with van der Waals surface area (Å²) in [5.74, 6) is 0. The van der Waals surface area contributed by atoms with E-state index in [2.05, 4.69) is 91.0 Å². The van der Waals surface area contributed by atoms with Crippen molar-refractivity contribution in [2.45, 2.75) is 12.2 Å². The van der Waals surface area contributed by atoms with Crippen LogP contribution in [0.2, 0.25) is 0 Å². The molecule has 0 fully saturated rings. The van der Waals surface area contributed by atoms with Gasteiger partial charge in [0.05, 0.1) is 11.8 Å². The third kappa shape index (κ3) is 2.95. The molecule has 6 rings (SSSR count). The van der Waals surface area contributed by atoms with Crippen LogP contribution >= 0.6 is 11.3 Å². The van der Waals surface area contributed by atoms with Crippen molar-refractivity contribution in [1.82, 2.24) is 5.32 Å². The van der Waals surface area contributed by atoms with Crippen molar-refractivity contribution in [1.29, 1.82) is 0 Å². The highest BCUT2D eigenvalue weighted by Crippen LogP contribution is 2.38. The Morgan fingerprint density at radius 2 is 1.30 bits per heavy atom. The van der Waals surface area contributed by atoms with Crippen LogP contribution in [-0.4, -0.2) is 5.71 Å². The Morgan fingerprint density at radius 3 is 2.13 bits per heavy atom. The third-order valence-corrected chi connectivity index (χ3v) is 6.85. The van der Waals surface area contributed by atoms with Crippen LogP contribution in [0.15, 0.2) is 108 Å². The van der Waals surface area contributed by atoms with E-state index in [1.54, 1.807) is 0 Å². The van der Waals surface area contributed by atoms with Crippen molar-refractivity contribution >= 4 is 37.2 Å². The first kappa shape index (κ1) is 17.6. The molecule has 1 radical (unpaired) electrons. The molecule has 2 atom stereocenters. The second-order valence-corrected chi connectivity index (χ2v) is 8.65. The number of benzene rings is 4. The molecule has 1 aliphatic rings. The van der Waals surface area contributed by atoms with Crippen molar-refractivity contribution < 1.29 is 0 Å². The van der Waals surface area contributed by atoms with Crippen LogP contribution in [0.3, 0.4) is 0 Å². The van der Waals surface area contributed by atoms with Gasteiger partial charge in [-0.3, -0.25) is 4.99 Å². The normalized spacial score (nSPS) is 18.7. The average Bonchev–Trinajstić information content (AvgIpc) is 3.42. The smallest absolute Gasteiger partial charge is 0.142 e. The van der Waals surface area contributed by atoms with Crippen LogP contribution in [0.25, 0.3) is 20.2 Å². The highest BCUT2D eigenvalue weighted by molar-refractivity contribution is 7.25. The molecule has 4 aromatic carbocycles. The summed E-state index contributed by atoms with van der Waals surface area (Å²) in [5, 5.41) is 7.76. The minimum atomic E-state index is -0.187. The number of fused-ring (bicyclic) bond motifs is 3. The lowest BCUT2D eigenvalue weighted by Gasteiger charge is -2.14. The molecule has 0 bridgehead atoms. The van der Waals surface area contributed by atoms with Crippen LogP contribution in [0.5, 0.6) is 0 Å². The molecule has 2 nitrogen and oxygen atoms in total. The molecule has 1 aliphatic heterocycles. The van der Waals surface area contributed by atoms with E-state index in [1.165, 1.54) is 25.7 Å². The number of rotatable bonds is 3. The molecule has 0 N–H and O–H groups in total. The molecule has 0 amide bonds. The topological polar surface area (TPSA) is 26.5 Å². The summed E-state index contributed by atoms with van der Waals surface area (Å²) in [6.07, 6.45) is -0.187. The van der Waals surface area contributed by atoms with E-state index < -0.39 is 0 Å². The summed E-state index contributed by atoms with van der Waals surface area (Å²) in [5.41, 5.74) is 4.52. The Bertz CT molecular complexity index is 1370. The van der Waals surface area contributed by atoms with E-state index in [9.17, 15) is 0 Å². The molecule has 30 heavy (non-hydrogen) atoms. The highest BCUT2D eigenvalue weighted by atomic mass is 32.1. The number of aliphatic imine (C=N–C) groups is 1. The maximum atomic E-state index is 5.16. The molecule has 1 aromatic heterocycles. The van der Waals surface area contributed by atoms with E-state index in [0.717, 1.165) is 16.8 Å². The fourth-order valence-corrected chi connectivity index (χ4v) is 5.32. The third-order valence-electron chi connectivity index (χ3n) is 5.69. The van der Waals surface area contributed by atoms with Gasteiger partial charge in [-0.1, -0.05) is 84.9 Å². The van der Waals surface area contributed by atoms with Crippen molar-refractivity contribution in [2.24, 2.45) is 4.99 Å². The maximum Gasteiger partial charge on any atom is 0.142 e. The van der Waals surface area contributed by atoms with Gasteiger partial charge in [-0.2, -0.15) is 5.32 Å². The molecule has 2 heterocycles. The Balaban J connectivity index is 1.46. The van der Waals surface area contributed by atoms with Gasteiger partial charge in [0.25, 0.3) is 0 Å². The van der Waals surface area contributed by atoms with Crippen LogP contribution in [0.4, 0.5) is 0 Å². The zero-order valence-electron chi connectivity index (χ0n) is 16.3. The lowest BCUT2D eigenvalue weighted by atomic mass is 9.97. The molecule has 0 aliphatic carbocycles. The van der Waals surface area contributed by atoms with Gasteiger partial charge in [0.15, 0.2) is 0 Å². The van der Waals surface area contributed by atoms with E-state index in [1.807, 2.05) is 23.5 Å². The molecule has 143 valence electrons. The van der Waals surface area contributed by atoms with Gasteiger partial charge < -0.3 is 0 Å². The first-order chi connectivity index (χ1) is 14.9. The van der Waals surface area contributed by atoms with Gasteiger partial charge in [-0.05, 0) is 34.9 Å². The Morgan fingerprint density at radius 1 is 0.600 bits per heavy atom. The van der Waals surface area contributed by atoms with Gasteiger partial charge in [0.2, 0.25) is 0 Å². The van der Waals surface area contributed by atoms with E-state index in [4.69, 9.17) is 10.3 Å². The molecule has 0 spiro atoms. The summed E-state index contributed by atoms with van der Waals surface area (Å²) in [6.45, 7) is 0. The van der Waals surface area contributed by atoms with Gasteiger partial charge in [0.1, 0.15) is 6.17 Å². The zero-order chi connectivity index (χ0) is 19.9. The van der Waals surface area contributed by atoms with Crippen molar-refractivity contribution in [3.05, 3.63) is 120 Å². The molecule has 5 aromatic rings. The van der Waals surface area contributed by atoms with Gasteiger partial charge >= 0.3 is 0 Å².